The first-order valence-electron chi connectivity index (χ1n) is 8.07. The molecular formula is C16H17N2O7P. The number of ether oxygens (including phenoxy) is 1. The molecule has 1 aromatic heterocycles. The number of rotatable bonds is 4. The number of nitrogens with one attached hydrogen (secondary N) is 1. The number of aliphatic hydroxyl groups is 1. The van der Waals surface area contributed by atoms with Crippen LogP contribution in [0.15, 0.2) is 46.1 Å². The fraction of sp³-hybridized carbons (Fsp3) is 0.375. The molecule has 2 aliphatic rings. The quantitative estimate of drug-likeness (QED) is 0.762. The van der Waals surface area contributed by atoms with Gasteiger partial charge in [-0.15, -0.1) is 0 Å². The van der Waals surface area contributed by atoms with E-state index in [9.17, 15) is 14.7 Å². The van der Waals surface area contributed by atoms with Gasteiger partial charge in [0.25, 0.3) is 5.56 Å². The van der Waals surface area contributed by atoms with Crippen LogP contribution in [-0.4, -0.2) is 33.5 Å². The molecule has 138 valence electrons. The van der Waals surface area contributed by atoms with E-state index in [4.69, 9.17) is 18.3 Å². The Morgan fingerprint density at radius 2 is 2.15 bits per heavy atom. The number of hydrogen-bond donors (Lipinski definition) is 2. The largest absolute Gasteiger partial charge is 0.426 e. The van der Waals surface area contributed by atoms with Gasteiger partial charge in [-0.1, -0.05) is 18.2 Å². The van der Waals surface area contributed by atoms with Crippen molar-refractivity contribution in [2.75, 3.05) is 6.61 Å². The third kappa shape index (κ3) is 3.58. The van der Waals surface area contributed by atoms with Crippen molar-refractivity contribution in [3.63, 3.8) is 0 Å². The molecule has 0 bridgehead atoms. The smallest absolute Gasteiger partial charge is 0.397 e. The molecule has 0 aliphatic carbocycles. The summed E-state index contributed by atoms with van der Waals surface area (Å²) in [4.78, 5) is 25.1. The van der Waals surface area contributed by atoms with Crippen molar-refractivity contribution in [1.29, 1.82) is 0 Å². The van der Waals surface area contributed by atoms with E-state index in [-0.39, 0.29) is 13.0 Å². The molecule has 2 aliphatic heterocycles. The summed E-state index contributed by atoms with van der Waals surface area (Å²) < 4.78 is 23.8. The number of aromatic amines is 1. The maximum absolute atomic E-state index is 11.8. The summed E-state index contributed by atoms with van der Waals surface area (Å²) in [5.41, 5.74) is -0.125. The number of aliphatic hydroxyl groups excluding tert-OH is 1. The van der Waals surface area contributed by atoms with E-state index >= 15 is 0 Å². The molecule has 2 aromatic rings. The highest BCUT2D eigenvalue weighted by Gasteiger charge is 2.37. The average molecular weight is 380 g/mol. The third-order valence-corrected chi connectivity index (χ3v) is 5.23. The number of hydrogen-bond acceptors (Lipinski definition) is 7. The van der Waals surface area contributed by atoms with Crippen LogP contribution >= 0.6 is 8.60 Å². The van der Waals surface area contributed by atoms with Crippen LogP contribution in [-0.2, 0) is 20.4 Å². The van der Waals surface area contributed by atoms with Gasteiger partial charge in [0.05, 0.1) is 19.3 Å². The topological polar surface area (TPSA) is 112 Å². The van der Waals surface area contributed by atoms with Crippen molar-refractivity contribution < 1.29 is 23.4 Å². The monoisotopic (exact) mass is 380 g/mol. The minimum Gasteiger partial charge on any atom is -0.426 e. The standard InChI is InChI=1S/C16H17N2O7P/c19-11-7-15(18-6-5-14(20)17-16(18)21)24-13(11)9-23-26-22-8-10-3-1-2-4-12(10)25-26/h1-6,11,13,15,19H,7-9H2,(H,17,20,21). The van der Waals surface area contributed by atoms with Gasteiger partial charge in [-0.25, -0.2) is 4.79 Å². The summed E-state index contributed by atoms with van der Waals surface area (Å²) in [7, 11) is -1.58. The average Bonchev–Trinajstić information content (AvgIpc) is 3.00. The molecule has 1 aromatic carbocycles. The fourth-order valence-corrected chi connectivity index (χ4v) is 3.86. The van der Waals surface area contributed by atoms with Gasteiger partial charge in [0, 0.05) is 24.2 Å². The minimum absolute atomic E-state index is 0.0592. The van der Waals surface area contributed by atoms with Gasteiger partial charge in [0.15, 0.2) is 0 Å². The number of fused-ring (bicyclic) bond motifs is 1. The highest BCUT2D eigenvalue weighted by atomic mass is 31.2. The van der Waals surface area contributed by atoms with Crippen molar-refractivity contribution in [1.82, 2.24) is 9.55 Å². The Morgan fingerprint density at radius 3 is 3.00 bits per heavy atom. The second kappa shape index (κ2) is 7.30. The zero-order valence-corrected chi connectivity index (χ0v) is 14.5. The first-order chi connectivity index (χ1) is 12.6. The Morgan fingerprint density at radius 1 is 1.31 bits per heavy atom. The maximum Gasteiger partial charge on any atom is 0.397 e. The summed E-state index contributed by atoms with van der Waals surface area (Å²) in [6.45, 7) is 0.453. The molecule has 4 rings (SSSR count). The molecule has 0 radical (unpaired) electrons. The van der Waals surface area contributed by atoms with Gasteiger partial charge in [0.2, 0.25) is 0 Å². The van der Waals surface area contributed by atoms with Crippen molar-refractivity contribution in [3.8, 4) is 5.75 Å². The van der Waals surface area contributed by atoms with Gasteiger partial charge >= 0.3 is 14.3 Å². The molecule has 1 fully saturated rings. The maximum atomic E-state index is 11.8. The lowest BCUT2D eigenvalue weighted by Crippen LogP contribution is -2.31. The van der Waals surface area contributed by atoms with Crippen LogP contribution in [0.3, 0.4) is 0 Å². The van der Waals surface area contributed by atoms with Crippen LogP contribution in [0.4, 0.5) is 0 Å². The zero-order valence-electron chi connectivity index (χ0n) is 13.6. The van der Waals surface area contributed by atoms with Crippen molar-refractivity contribution in [3.05, 3.63) is 62.9 Å². The van der Waals surface area contributed by atoms with Crippen LogP contribution in [0.1, 0.15) is 18.2 Å². The SMILES string of the molecule is O=c1ccn(C2CC(O)C(COP3OCc4ccccc4O3)O2)c(=O)[nH]1. The number of benzene rings is 1. The summed E-state index contributed by atoms with van der Waals surface area (Å²) in [5.74, 6) is 0.718. The van der Waals surface area contributed by atoms with E-state index in [1.165, 1.54) is 16.8 Å². The van der Waals surface area contributed by atoms with Crippen LogP contribution in [0, 0.1) is 0 Å². The van der Waals surface area contributed by atoms with E-state index in [0.29, 0.717) is 6.61 Å². The van der Waals surface area contributed by atoms with E-state index in [1.807, 2.05) is 24.3 Å². The lowest BCUT2D eigenvalue weighted by atomic mass is 10.2. The summed E-state index contributed by atoms with van der Waals surface area (Å²) in [5, 5.41) is 10.2. The van der Waals surface area contributed by atoms with Gasteiger partial charge in [-0.2, -0.15) is 0 Å². The number of H-pyrrole nitrogens is 1. The van der Waals surface area contributed by atoms with Crippen LogP contribution in [0.2, 0.25) is 0 Å². The normalized spacial score (nSPS) is 27.7. The molecular weight excluding hydrogens is 363 g/mol. The predicted octanol–water partition coefficient (Wildman–Crippen LogP) is 1.04. The summed E-state index contributed by atoms with van der Waals surface area (Å²) in [6.07, 6.45) is -0.570. The Kier molecular flexibility index (Phi) is 4.88. The molecule has 4 unspecified atom stereocenters. The lowest BCUT2D eigenvalue weighted by Gasteiger charge is -2.25. The van der Waals surface area contributed by atoms with Crippen molar-refractivity contribution in [2.45, 2.75) is 31.5 Å². The number of nitrogens with zero attached hydrogens (tertiary/aromatic N) is 1. The van der Waals surface area contributed by atoms with Crippen molar-refractivity contribution in [2.24, 2.45) is 0 Å². The first-order valence-corrected chi connectivity index (χ1v) is 9.16. The highest BCUT2D eigenvalue weighted by Crippen LogP contribution is 2.47. The minimum atomic E-state index is -1.58. The predicted molar refractivity (Wildman–Crippen MR) is 90.6 cm³/mol. The second-order valence-corrected chi connectivity index (χ2v) is 7.09. The van der Waals surface area contributed by atoms with Crippen molar-refractivity contribution >= 4 is 8.60 Å². The van der Waals surface area contributed by atoms with E-state index < -0.39 is 38.3 Å². The Balaban J connectivity index is 1.36. The highest BCUT2D eigenvalue weighted by molar-refractivity contribution is 7.42. The molecule has 0 amide bonds. The number of para-hydroxylation sites is 1. The molecule has 10 heteroatoms. The van der Waals surface area contributed by atoms with Crippen LogP contribution < -0.4 is 15.8 Å². The zero-order chi connectivity index (χ0) is 18.1. The molecule has 3 heterocycles. The molecule has 2 N–H and O–H groups in total. The van der Waals surface area contributed by atoms with Gasteiger partial charge < -0.3 is 14.4 Å². The lowest BCUT2D eigenvalue weighted by molar-refractivity contribution is -0.0436. The Bertz CT molecular complexity index is 898. The molecule has 9 nitrogen and oxygen atoms in total. The van der Waals surface area contributed by atoms with Gasteiger partial charge in [-0.05, 0) is 6.07 Å². The van der Waals surface area contributed by atoms with E-state index in [0.717, 1.165) is 11.3 Å². The molecule has 26 heavy (non-hydrogen) atoms. The third-order valence-electron chi connectivity index (χ3n) is 4.18. The molecule has 0 spiro atoms. The second-order valence-electron chi connectivity index (χ2n) is 5.94. The molecule has 1 saturated heterocycles. The van der Waals surface area contributed by atoms with E-state index in [2.05, 4.69) is 4.98 Å². The van der Waals surface area contributed by atoms with Crippen LogP contribution in [0.5, 0.6) is 5.75 Å². The summed E-state index contributed by atoms with van der Waals surface area (Å²) in [6, 6.07) is 8.76. The summed E-state index contributed by atoms with van der Waals surface area (Å²) >= 11 is 0. The first kappa shape index (κ1) is 17.4. The van der Waals surface area contributed by atoms with E-state index in [1.54, 1.807) is 0 Å². The fourth-order valence-electron chi connectivity index (χ4n) is 2.83. The molecule has 4 atom stereocenters. The number of aromatic nitrogens is 2. The van der Waals surface area contributed by atoms with Crippen LogP contribution in [0.25, 0.3) is 0 Å². The van der Waals surface area contributed by atoms with Gasteiger partial charge in [-0.3, -0.25) is 23.4 Å². The molecule has 0 saturated carbocycles. The Labute approximate surface area is 149 Å². The van der Waals surface area contributed by atoms with Gasteiger partial charge in [0.1, 0.15) is 18.1 Å². The Hall–Kier alpha value is -2.03.